The Morgan fingerprint density at radius 1 is 1.50 bits per heavy atom. The van der Waals surface area contributed by atoms with Gasteiger partial charge in [0.2, 0.25) is 0 Å². The molecule has 1 aliphatic heterocycles. The van der Waals surface area contributed by atoms with E-state index in [1.807, 2.05) is 0 Å². The van der Waals surface area contributed by atoms with Gasteiger partial charge in [-0.1, -0.05) is 5.92 Å². The van der Waals surface area contributed by atoms with Crippen molar-refractivity contribution >= 4 is 21.9 Å². The van der Waals surface area contributed by atoms with Crippen molar-refractivity contribution in [3.8, 4) is 10.8 Å². The van der Waals surface area contributed by atoms with Crippen molar-refractivity contribution in [3.05, 3.63) is 0 Å². The van der Waals surface area contributed by atoms with Crippen molar-refractivity contribution in [1.29, 1.82) is 0 Å². The lowest BCUT2D eigenvalue weighted by Gasteiger charge is -2.15. The molecule has 2 atom stereocenters. The number of carbonyl (C=O) groups is 1. The maximum absolute atomic E-state index is 11.8. The Kier molecular flexibility index (Phi) is 4.18. The van der Waals surface area contributed by atoms with Gasteiger partial charge in [-0.05, 0) is 4.83 Å². The number of carbonyl (C=O) groups excluding carboxylic acids is 1. The number of rotatable bonds is 1. The van der Waals surface area contributed by atoms with Crippen LogP contribution in [0.3, 0.4) is 0 Å². The zero-order chi connectivity index (χ0) is 12.3. The van der Waals surface area contributed by atoms with E-state index in [9.17, 15) is 23.1 Å². The van der Waals surface area contributed by atoms with E-state index < -0.39 is 24.2 Å². The second-order valence-electron chi connectivity index (χ2n) is 3.14. The number of halogens is 4. The van der Waals surface area contributed by atoms with Crippen LogP contribution in [0.15, 0.2) is 0 Å². The van der Waals surface area contributed by atoms with Crippen molar-refractivity contribution in [2.24, 2.45) is 5.92 Å². The summed E-state index contributed by atoms with van der Waals surface area (Å²) >= 11 is 2.81. The maximum atomic E-state index is 11.8. The number of aliphatic hydroxyl groups is 1. The molecule has 0 aliphatic carbocycles. The molecule has 16 heavy (non-hydrogen) atoms. The van der Waals surface area contributed by atoms with Crippen LogP contribution >= 0.6 is 15.9 Å². The summed E-state index contributed by atoms with van der Waals surface area (Å²) in [5.41, 5.74) is 0. The van der Waals surface area contributed by atoms with Gasteiger partial charge in [-0.25, -0.2) is 4.79 Å². The first-order valence-corrected chi connectivity index (χ1v) is 4.97. The largest absolute Gasteiger partial charge is 0.492 e. The third-order valence-electron chi connectivity index (χ3n) is 1.94. The van der Waals surface area contributed by atoms with Crippen molar-refractivity contribution in [3.63, 3.8) is 0 Å². The summed E-state index contributed by atoms with van der Waals surface area (Å²) in [4.78, 5) is 16.9. The summed E-state index contributed by atoms with van der Waals surface area (Å²) in [6.07, 6.45) is -5.98. The monoisotopic (exact) mass is 301 g/mol. The first-order valence-electron chi connectivity index (χ1n) is 4.18. The Labute approximate surface area is 97.4 Å². The maximum Gasteiger partial charge on any atom is 0.492 e. The van der Waals surface area contributed by atoms with Crippen molar-refractivity contribution in [1.82, 2.24) is 5.06 Å². The van der Waals surface area contributed by atoms with E-state index in [1.54, 1.807) is 0 Å². The molecular weight excluding hydrogens is 295 g/mol. The highest BCUT2D eigenvalue weighted by Crippen LogP contribution is 2.21. The van der Waals surface area contributed by atoms with E-state index in [1.165, 1.54) is 0 Å². The zero-order valence-electron chi connectivity index (χ0n) is 7.79. The van der Waals surface area contributed by atoms with E-state index in [2.05, 4.69) is 31.5 Å². The summed E-state index contributed by atoms with van der Waals surface area (Å²) in [6, 6.07) is 0. The molecule has 2 unspecified atom stereocenters. The molecule has 0 saturated carbocycles. The summed E-state index contributed by atoms with van der Waals surface area (Å²) in [7, 11) is 0. The minimum absolute atomic E-state index is 0.0540. The zero-order valence-corrected chi connectivity index (χ0v) is 9.38. The lowest BCUT2D eigenvalue weighted by Crippen LogP contribution is -2.34. The van der Waals surface area contributed by atoms with Gasteiger partial charge in [-0.2, -0.15) is 13.2 Å². The highest BCUT2D eigenvalue weighted by molar-refractivity contribution is 9.12. The van der Waals surface area contributed by atoms with Crippen molar-refractivity contribution < 1.29 is 27.9 Å². The van der Waals surface area contributed by atoms with Crippen LogP contribution in [0, 0.1) is 16.7 Å². The average molecular weight is 302 g/mol. The van der Waals surface area contributed by atoms with Crippen LogP contribution in [-0.2, 0) is 9.63 Å². The second-order valence-corrected chi connectivity index (χ2v) is 3.53. The van der Waals surface area contributed by atoms with Crippen LogP contribution < -0.4 is 0 Å². The van der Waals surface area contributed by atoms with E-state index in [-0.39, 0.29) is 13.1 Å². The summed E-state index contributed by atoms with van der Waals surface area (Å²) < 4.78 is 35.5. The molecule has 90 valence electrons. The Balaban J connectivity index is 2.53. The molecule has 0 aromatic heterocycles. The van der Waals surface area contributed by atoms with E-state index in [0.717, 1.165) is 5.06 Å². The van der Waals surface area contributed by atoms with Gasteiger partial charge in [-0.15, -0.1) is 5.06 Å². The molecule has 1 rings (SSSR count). The number of aliphatic hydroxyl groups excluding tert-OH is 1. The van der Waals surface area contributed by atoms with Gasteiger partial charge in [0.1, 0.15) is 0 Å². The SMILES string of the molecule is O=C(ON1CC(O)C(C#CBr)C1)C(F)(F)F. The van der Waals surface area contributed by atoms with Gasteiger partial charge < -0.3 is 9.94 Å². The lowest BCUT2D eigenvalue weighted by molar-refractivity contribution is -0.235. The number of hydroxylamine groups is 2. The number of alkyl halides is 3. The number of hydrogen-bond acceptors (Lipinski definition) is 4. The van der Waals surface area contributed by atoms with Gasteiger partial charge in [0.15, 0.2) is 0 Å². The Hall–Kier alpha value is -0.780. The molecule has 4 nitrogen and oxygen atoms in total. The fraction of sp³-hybridized carbons (Fsp3) is 0.625. The molecule has 0 spiro atoms. The summed E-state index contributed by atoms with van der Waals surface area (Å²) in [5, 5.41) is 10.1. The molecule has 0 amide bonds. The molecule has 1 saturated heterocycles. The molecule has 0 aromatic rings. The van der Waals surface area contributed by atoms with Crippen LogP contribution in [0.4, 0.5) is 13.2 Å². The Bertz CT molecular complexity index is 336. The predicted octanol–water partition coefficient (Wildman–Crippen LogP) is 0.655. The van der Waals surface area contributed by atoms with Crippen LogP contribution in [0.5, 0.6) is 0 Å². The molecular formula is C8H7BrF3NO3. The van der Waals surface area contributed by atoms with E-state index in [4.69, 9.17) is 0 Å². The number of nitrogens with zero attached hydrogens (tertiary/aromatic N) is 1. The molecule has 1 N–H and O–H groups in total. The second kappa shape index (κ2) is 5.03. The number of β-amino-alcohol motifs (C(OH)–C–C–N with tert-alkyl or cyclic N) is 1. The van der Waals surface area contributed by atoms with E-state index >= 15 is 0 Å². The number of hydrogen-bond donors (Lipinski definition) is 1. The van der Waals surface area contributed by atoms with Gasteiger partial charge >= 0.3 is 12.1 Å². The normalized spacial score (nSPS) is 26.1. The molecule has 1 aliphatic rings. The van der Waals surface area contributed by atoms with Crippen molar-refractivity contribution in [2.45, 2.75) is 12.3 Å². The highest BCUT2D eigenvalue weighted by Gasteiger charge is 2.44. The Morgan fingerprint density at radius 3 is 2.62 bits per heavy atom. The van der Waals surface area contributed by atoms with Crippen LogP contribution in [0.25, 0.3) is 0 Å². The predicted molar refractivity (Wildman–Crippen MR) is 49.9 cm³/mol. The van der Waals surface area contributed by atoms with Gasteiger partial charge in [-0.3, -0.25) is 0 Å². The fourth-order valence-electron chi connectivity index (χ4n) is 1.21. The minimum Gasteiger partial charge on any atom is -0.390 e. The molecule has 8 heteroatoms. The van der Waals surface area contributed by atoms with Crippen LogP contribution in [0.1, 0.15) is 0 Å². The summed E-state index contributed by atoms with van der Waals surface area (Å²) in [5.74, 6) is -0.302. The minimum atomic E-state index is -5.04. The highest BCUT2D eigenvalue weighted by atomic mass is 79.9. The lowest BCUT2D eigenvalue weighted by atomic mass is 10.1. The Morgan fingerprint density at radius 2 is 2.12 bits per heavy atom. The smallest absolute Gasteiger partial charge is 0.390 e. The van der Waals surface area contributed by atoms with E-state index in [0.29, 0.717) is 0 Å². The van der Waals surface area contributed by atoms with Gasteiger partial charge in [0.25, 0.3) is 0 Å². The first-order chi connectivity index (χ1) is 7.34. The third kappa shape index (κ3) is 3.37. The fourth-order valence-corrected chi connectivity index (χ4v) is 1.50. The molecule has 1 fully saturated rings. The van der Waals surface area contributed by atoms with Crippen LogP contribution in [0.2, 0.25) is 0 Å². The topological polar surface area (TPSA) is 49.8 Å². The molecule has 0 aromatic carbocycles. The molecule has 0 bridgehead atoms. The quantitative estimate of drug-likeness (QED) is 0.723. The average Bonchev–Trinajstić information content (AvgIpc) is 2.46. The summed E-state index contributed by atoms with van der Waals surface area (Å²) in [6.45, 7) is -0.240. The van der Waals surface area contributed by atoms with Gasteiger partial charge in [0.05, 0.1) is 25.1 Å². The first kappa shape index (κ1) is 13.3. The van der Waals surface area contributed by atoms with Crippen molar-refractivity contribution in [2.75, 3.05) is 13.1 Å². The third-order valence-corrected chi connectivity index (χ3v) is 2.17. The van der Waals surface area contributed by atoms with Gasteiger partial charge in [0, 0.05) is 15.9 Å². The molecule has 0 radical (unpaired) electrons. The molecule has 1 heterocycles. The standard InChI is InChI=1S/C8H7BrF3NO3/c9-2-1-5-3-13(4-6(5)14)16-7(15)8(10,11)12/h5-6,14H,3-4H2. The van der Waals surface area contributed by atoms with Crippen LogP contribution in [-0.4, -0.2) is 41.5 Å².